The van der Waals surface area contributed by atoms with Gasteiger partial charge in [-0.1, -0.05) is 70.7 Å². The molecule has 2 atom stereocenters. The van der Waals surface area contributed by atoms with Crippen molar-refractivity contribution in [2.75, 3.05) is 39.3 Å². The summed E-state index contributed by atoms with van der Waals surface area (Å²) in [6.07, 6.45) is 0.274. The second kappa shape index (κ2) is 18.9. The number of amides is 4. The zero-order chi connectivity index (χ0) is 39.5. The summed E-state index contributed by atoms with van der Waals surface area (Å²) in [7, 11) is -1.77. The molecular formula is C38H54F2N6O6Si. The molecule has 1 aromatic heterocycles. The third kappa shape index (κ3) is 12.5. The van der Waals surface area contributed by atoms with Crippen LogP contribution in [-0.2, 0) is 20.9 Å². The number of rotatable bonds is 18. The predicted octanol–water partition coefficient (Wildman–Crippen LogP) is 4.66. The van der Waals surface area contributed by atoms with Crippen molar-refractivity contribution in [2.45, 2.75) is 71.5 Å². The number of carboxylic acid groups (broad SMARTS) is 1. The lowest BCUT2D eigenvalue weighted by Crippen LogP contribution is -2.53. The number of aliphatic hydroxyl groups is 1. The Balaban J connectivity index is 2.12. The fourth-order valence-corrected chi connectivity index (χ4v) is 7.12. The number of carbonyl (C=O) groups is 4. The van der Waals surface area contributed by atoms with Gasteiger partial charge in [0, 0.05) is 63.8 Å². The maximum absolute atomic E-state index is 15.1. The van der Waals surface area contributed by atoms with Crippen molar-refractivity contribution in [1.29, 1.82) is 0 Å². The number of nitrogens with zero attached hydrogens (tertiary/aromatic N) is 3. The first-order valence-electron chi connectivity index (χ1n) is 17.7. The Morgan fingerprint density at radius 2 is 1.60 bits per heavy atom. The van der Waals surface area contributed by atoms with E-state index in [9.17, 15) is 33.8 Å². The van der Waals surface area contributed by atoms with E-state index in [0.29, 0.717) is 23.8 Å². The predicted molar refractivity (Wildman–Crippen MR) is 203 cm³/mol. The van der Waals surface area contributed by atoms with Gasteiger partial charge in [-0.25, -0.2) is 13.6 Å². The van der Waals surface area contributed by atoms with Crippen molar-refractivity contribution in [3.8, 4) is 11.1 Å². The maximum atomic E-state index is 15.1. The summed E-state index contributed by atoms with van der Waals surface area (Å²) in [6, 6.07) is 12.9. The lowest BCUT2D eigenvalue weighted by Gasteiger charge is -2.41. The SMILES string of the molecule is CC(C)(C)[C@H](c1cc(-c2cc(F)ccc2F)cn1Cc1ccccc1)N(CC[C@@H](C(=O)NCCNC(=O)CN)N(CC[Si](C)(C)C)C(=O)O)C(=O)CO. The van der Waals surface area contributed by atoms with E-state index in [1.807, 2.05) is 55.7 Å². The first-order chi connectivity index (χ1) is 24.9. The number of aromatic nitrogens is 1. The van der Waals surface area contributed by atoms with Gasteiger partial charge in [0.2, 0.25) is 17.7 Å². The first-order valence-corrected chi connectivity index (χ1v) is 21.4. The number of aliphatic hydroxyl groups excluding tert-OH is 1. The molecular weight excluding hydrogens is 703 g/mol. The summed E-state index contributed by atoms with van der Waals surface area (Å²) in [5.41, 5.74) is 6.50. The molecule has 0 aliphatic rings. The molecule has 0 spiro atoms. The smallest absolute Gasteiger partial charge is 0.407 e. The summed E-state index contributed by atoms with van der Waals surface area (Å²) in [4.78, 5) is 54.3. The monoisotopic (exact) mass is 756 g/mol. The van der Waals surface area contributed by atoms with Crippen LogP contribution in [0.2, 0.25) is 25.7 Å². The standard InChI is InChI=1S/C38H54F2N6O6Si/c1-38(2,3)35(32-20-27(29-21-28(39)12-13-30(29)40)24-44(32)23-26-10-8-7-9-11-26)46(34(49)25-47)17-14-31(36(50)43-16-15-42-33(48)22-41)45(37(51)52)18-19-53(4,5)6/h7-13,20-21,24,31,35,47H,14-19,22-23,25,41H2,1-6H3,(H,42,48)(H,43,50)(H,51,52)/t31-,35-/m0/s1. The molecule has 2 aromatic carbocycles. The molecule has 0 unspecified atom stereocenters. The van der Waals surface area contributed by atoms with Crippen LogP contribution < -0.4 is 16.4 Å². The molecule has 15 heteroatoms. The number of nitrogens with two attached hydrogens (primary N) is 1. The summed E-state index contributed by atoms with van der Waals surface area (Å²) in [5, 5.41) is 25.9. The Morgan fingerprint density at radius 3 is 2.19 bits per heavy atom. The molecule has 4 amide bonds. The van der Waals surface area contributed by atoms with Gasteiger partial charge in [0.1, 0.15) is 24.3 Å². The summed E-state index contributed by atoms with van der Waals surface area (Å²) < 4.78 is 31.4. The minimum atomic E-state index is -1.77. The lowest BCUT2D eigenvalue weighted by atomic mass is 9.82. The van der Waals surface area contributed by atoms with Crippen molar-refractivity contribution in [3.05, 3.63) is 83.7 Å². The molecule has 0 saturated carbocycles. The van der Waals surface area contributed by atoms with E-state index in [2.05, 4.69) is 30.3 Å². The van der Waals surface area contributed by atoms with Crippen molar-refractivity contribution in [1.82, 2.24) is 25.0 Å². The highest BCUT2D eigenvalue weighted by Gasteiger charge is 2.39. The maximum Gasteiger partial charge on any atom is 0.407 e. The fourth-order valence-electron chi connectivity index (χ4n) is 6.21. The van der Waals surface area contributed by atoms with Crippen LogP contribution >= 0.6 is 0 Å². The first kappa shape index (κ1) is 42.8. The molecule has 0 aliphatic carbocycles. The third-order valence-electron chi connectivity index (χ3n) is 8.84. The molecule has 6 N–H and O–H groups in total. The quantitative estimate of drug-likeness (QED) is 0.0929. The molecule has 3 aromatic rings. The zero-order valence-electron chi connectivity index (χ0n) is 31.5. The molecule has 0 aliphatic heterocycles. The second-order valence-corrected chi connectivity index (χ2v) is 21.0. The molecule has 0 bridgehead atoms. The molecule has 53 heavy (non-hydrogen) atoms. The number of nitrogens with one attached hydrogen (secondary N) is 2. The third-order valence-corrected chi connectivity index (χ3v) is 10.6. The van der Waals surface area contributed by atoms with E-state index in [1.165, 1.54) is 4.90 Å². The lowest BCUT2D eigenvalue weighted by molar-refractivity contribution is -0.140. The Labute approximate surface area is 311 Å². The minimum Gasteiger partial charge on any atom is -0.465 e. The van der Waals surface area contributed by atoms with E-state index in [0.717, 1.165) is 28.7 Å². The van der Waals surface area contributed by atoms with Crippen molar-refractivity contribution in [3.63, 3.8) is 0 Å². The van der Waals surface area contributed by atoms with E-state index >= 15 is 4.39 Å². The van der Waals surface area contributed by atoms with Crippen LogP contribution in [0.3, 0.4) is 0 Å². The van der Waals surface area contributed by atoms with Gasteiger partial charge in [-0.2, -0.15) is 0 Å². The molecule has 3 rings (SSSR count). The largest absolute Gasteiger partial charge is 0.465 e. The van der Waals surface area contributed by atoms with Gasteiger partial charge in [-0.15, -0.1) is 0 Å². The number of carbonyl (C=O) groups excluding carboxylic acids is 3. The van der Waals surface area contributed by atoms with Gasteiger partial charge in [-0.05, 0) is 47.7 Å². The molecule has 290 valence electrons. The van der Waals surface area contributed by atoms with E-state index in [4.69, 9.17) is 5.73 Å². The van der Waals surface area contributed by atoms with Gasteiger partial charge in [-0.3, -0.25) is 19.3 Å². The van der Waals surface area contributed by atoms with Crippen LogP contribution in [0, 0.1) is 17.0 Å². The molecule has 0 radical (unpaired) electrons. The van der Waals surface area contributed by atoms with Crippen molar-refractivity contribution in [2.24, 2.45) is 11.1 Å². The van der Waals surface area contributed by atoms with Crippen LogP contribution in [-0.4, -0.2) is 102 Å². The Bertz CT molecular complexity index is 1710. The average molecular weight is 757 g/mol. The second-order valence-electron chi connectivity index (χ2n) is 15.3. The van der Waals surface area contributed by atoms with E-state index < -0.39 is 67.6 Å². The average Bonchev–Trinajstić information content (AvgIpc) is 3.49. The van der Waals surface area contributed by atoms with Gasteiger partial charge in [0.25, 0.3) is 0 Å². The normalized spacial score (nSPS) is 12.9. The number of hydrogen-bond acceptors (Lipinski definition) is 6. The highest BCUT2D eigenvalue weighted by molar-refractivity contribution is 6.76. The Hall–Kier alpha value is -4.60. The van der Waals surface area contributed by atoms with Gasteiger partial charge < -0.3 is 36.0 Å². The summed E-state index contributed by atoms with van der Waals surface area (Å²) >= 11 is 0. The highest BCUT2D eigenvalue weighted by Crippen LogP contribution is 2.41. The molecule has 0 fully saturated rings. The van der Waals surface area contributed by atoms with Crippen LogP contribution in [0.25, 0.3) is 11.1 Å². The van der Waals surface area contributed by atoms with Crippen LogP contribution in [0.4, 0.5) is 13.6 Å². The fraction of sp³-hybridized carbons (Fsp3) is 0.474. The summed E-state index contributed by atoms with van der Waals surface area (Å²) in [6.45, 7) is 11.2. The van der Waals surface area contributed by atoms with Crippen LogP contribution in [0.1, 0.15) is 44.5 Å². The van der Waals surface area contributed by atoms with Gasteiger partial charge in [0.05, 0.1) is 12.6 Å². The van der Waals surface area contributed by atoms with Gasteiger partial charge >= 0.3 is 6.09 Å². The van der Waals surface area contributed by atoms with E-state index in [-0.39, 0.29) is 44.7 Å². The Kier molecular flexibility index (Phi) is 15.3. The number of halogens is 2. The number of hydrogen-bond donors (Lipinski definition) is 5. The molecule has 1 heterocycles. The Morgan fingerprint density at radius 1 is 0.943 bits per heavy atom. The highest BCUT2D eigenvalue weighted by atomic mass is 28.3. The zero-order valence-corrected chi connectivity index (χ0v) is 32.5. The molecule has 0 saturated heterocycles. The number of benzene rings is 2. The van der Waals surface area contributed by atoms with Crippen LogP contribution in [0.5, 0.6) is 0 Å². The topological polar surface area (TPSA) is 170 Å². The van der Waals surface area contributed by atoms with Crippen molar-refractivity contribution >= 4 is 31.9 Å². The van der Waals surface area contributed by atoms with Gasteiger partial charge in [0.15, 0.2) is 0 Å². The molecule has 12 nitrogen and oxygen atoms in total. The van der Waals surface area contributed by atoms with Crippen molar-refractivity contribution < 1.29 is 38.2 Å². The van der Waals surface area contributed by atoms with Crippen LogP contribution in [0.15, 0.2) is 60.8 Å². The van der Waals surface area contributed by atoms with E-state index in [1.54, 1.807) is 12.3 Å². The minimum absolute atomic E-state index is 0.0128. The summed E-state index contributed by atoms with van der Waals surface area (Å²) in [5.74, 6) is -2.93.